The van der Waals surface area contributed by atoms with Crippen molar-refractivity contribution in [2.75, 3.05) is 19.0 Å². The number of hydrogen-bond acceptors (Lipinski definition) is 1. The summed E-state index contributed by atoms with van der Waals surface area (Å²) < 4.78 is 2.07. The Balaban J connectivity index is 1.74. The van der Waals surface area contributed by atoms with E-state index in [0.717, 1.165) is 25.7 Å². The lowest BCUT2D eigenvalue weighted by molar-refractivity contribution is -0.671. The van der Waals surface area contributed by atoms with Gasteiger partial charge in [0.1, 0.15) is 7.05 Å². The SMILES string of the molecule is CN(C)c1cc2c(/C=C/c3cc[n+](C)cc3)cc1CCc1ccc(cc1)CC2. The molecule has 0 atom stereocenters. The molecule has 28 heavy (non-hydrogen) atoms. The molecule has 4 bridgehead atoms. The van der Waals surface area contributed by atoms with E-state index in [1.54, 1.807) is 0 Å². The second-order valence-electron chi connectivity index (χ2n) is 8.02. The number of rotatable bonds is 3. The quantitative estimate of drug-likeness (QED) is 0.611. The van der Waals surface area contributed by atoms with Crippen molar-refractivity contribution in [3.63, 3.8) is 0 Å². The predicted octanol–water partition coefficient (Wildman–Crippen LogP) is 4.63. The van der Waals surface area contributed by atoms with Crippen LogP contribution in [0.25, 0.3) is 12.2 Å². The number of hydrogen-bond donors (Lipinski definition) is 0. The van der Waals surface area contributed by atoms with Crippen LogP contribution in [0.2, 0.25) is 0 Å². The lowest BCUT2D eigenvalue weighted by atomic mass is 9.91. The van der Waals surface area contributed by atoms with Gasteiger partial charge in [-0.1, -0.05) is 36.4 Å². The molecule has 4 aliphatic carbocycles. The molecule has 0 radical (unpaired) electrons. The van der Waals surface area contributed by atoms with Gasteiger partial charge in [-0.2, -0.15) is 0 Å². The zero-order valence-corrected chi connectivity index (χ0v) is 17.2. The zero-order chi connectivity index (χ0) is 19.5. The van der Waals surface area contributed by atoms with E-state index in [2.05, 4.69) is 96.6 Å². The van der Waals surface area contributed by atoms with Gasteiger partial charge in [-0.25, -0.2) is 4.57 Å². The minimum absolute atomic E-state index is 1.06. The van der Waals surface area contributed by atoms with Crippen molar-refractivity contribution >= 4 is 17.8 Å². The molecule has 0 saturated heterocycles. The van der Waals surface area contributed by atoms with Crippen LogP contribution in [0, 0.1) is 0 Å². The maximum Gasteiger partial charge on any atom is 0.169 e. The van der Waals surface area contributed by atoms with Crippen LogP contribution in [0.1, 0.15) is 33.4 Å². The Kier molecular flexibility index (Phi) is 5.29. The second-order valence-corrected chi connectivity index (χ2v) is 8.02. The highest BCUT2D eigenvalue weighted by Crippen LogP contribution is 2.29. The molecular weight excluding hydrogens is 340 g/mol. The maximum atomic E-state index is 2.41. The molecule has 0 fully saturated rings. The predicted molar refractivity (Wildman–Crippen MR) is 119 cm³/mol. The van der Waals surface area contributed by atoms with Gasteiger partial charge < -0.3 is 4.90 Å². The van der Waals surface area contributed by atoms with Gasteiger partial charge >= 0.3 is 0 Å². The van der Waals surface area contributed by atoms with Crippen LogP contribution in [0.15, 0.2) is 60.9 Å². The van der Waals surface area contributed by atoms with Crippen LogP contribution < -0.4 is 9.47 Å². The van der Waals surface area contributed by atoms with E-state index in [4.69, 9.17) is 0 Å². The number of aromatic nitrogens is 1. The topological polar surface area (TPSA) is 7.12 Å². The first-order valence-corrected chi connectivity index (χ1v) is 10.1. The fourth-order valence-electron chi connectivity index (χ4n) is 3.92. The molecule has 7 rings (SSSR count). The minimum Gasteiger partial charge on any atom is -0.377 e. The summed E-state index contributed by atoms with van der Waals surface area (Å²) in [5.74, 6) is 0. The fraction of sp³-hybridized carbons (Fsp3) is 0.269. The van der Waals surface area contributed by atoms with Crippen molar-refractivity contribution in [1.82, 2.24) is 0 Å². The van der Waals surface area contributed by atoms with E-state index in [-0.39, 0.29) is 0 Å². The molecular formula is C26H29N2+. The Hall–Kier alpha value is -2.87. The van der Waals surface area contributed by atoms with E-state index < -0.39 is 0 Å². The molecule has 1 heterocycles. The summed E-state index contributed by atoms with van der Waals surface area (Å²) >= 11 is 0. The van der Waals surface area contributed by atoms with Crippen molar-refractivity contribution < 1.29 is 4.57 Å². The summed E-state index contributed by atoms with van der Waals surface area (Å²) in [7, 11) is 6.36. The molecule has 3 aromatic rings. The third-order valence-corrected chi connectivity index (χ3v) is 5.67. The Labute approximate surface area is 168 Å². The van der Waals surface area contributed by atoms with Gasteiger partial charge in [0.05, 0.1) is 0 Å². The van der Waals surface area contributed by atoms with Crippen LogP contribution in [-0.4, -0.2) is 14.1 Å². The number of aryl methyl sites for hydroxylation is 5. The normalized spacial score (nSPS) is 13.5. The number of benzene rings is 2. The largest absolute Gasteiger partial charge is 0.377 e. The summed E-state index contributed by atoms with van der Waals surface area (Å²) in [6.45, 7) is 0. The Bertz CT molecular complexity index is 980. The highest BCUT2D eigenvalue weighted by Gasteiger charge is 2.12. The first kappa shape index (κ1) is 18.5. The van der Waals surface area contributed by atoms with Crippen LogP contribution in [-0.2, 0) is 32.7 Å². The molecule has 2 heteroatoms. The first-order chi connectivity index (χ1) is 13.6. The second kappa shape index (κ2) is 8.02. The Morgan fingerprint density at radius 2 is 1.36 bits per heavy atom. The van der Waals surface area contributed by atoms with E-state index in [9.17, 15) is 0 Å². The highest BCUT2D eigenvalue weighted by atomic mass is 15.1. The molecule has 0 N–H and O–H groups in total. The monoisotopic (exact) mass is 369 g/mol. The van der Waals surface area contributed by atoms with Crippen LogP contribution in [0.3, 0.4) is 0 Å². The van der Waals surface area contributed by atoms with Crippen LogP contribution >= 0.6 is 0 Å². The third-order valence-electron chi connectivity index (χ3n) is 5.67. The van der Waals surface area contributed by atoms with E-state index >= 15 is 0 Å². The summed E-state index contributed by atoms with van der Waals surface area (Å²) in [4.78, 5) is 2.26. The van der Waals surface area contributed by atoms with Gasteiger partial charge in [0, 0.05) is 31.9 Å². The molecule has 0 unspecified atom stereocenters. The average molecular weight is 370 g/mol. The number of pyridine rings is 1. The third kappa shape index (κ3) is 4.17. The highest BCUT2D eigenvalue weighted by molar-refractivity contribution is 5.73. The van der Waals surface area contributed by atoms with Crippen molar-refractivity contribution in [3.8, 4) is 0 Å². The van der Waals surface area contributed by atoms with Gasteiger partial charge in [-0.15, -0.1) is 0 Å². The molecule has 4 aliphatic rings. The van der Waals surface area contributed by atoms with E-state index in [0.29, 0.717) is 0 Å². The molecule has 0 amide bonds. The van der Waals surface area contributed by atoms with E-state index in [1.807, 2.05) is 7.05 Å². The van der Waals surface area contributed by atoms with Gasteiger partial charge in [-0.3, -0.25) is 0 Å². The molecule has 142 valence electrons. The molecule has 0 spiro atoms. The molecule has 0 saturated carbocycles. The molecule has 1 aromatic heterocycles. The van der Waals surface area contributed by atoms with E-state index in [1.165, 1.54) is 39.1 Å². The molecule has 2 aromatic carbocycles. The van der Waals surface area contributed by atoms with Gasteiger partial charge in [0.25, 0.3) is 0 Å². The zero-order valence-electron chi connectivity index (χ0n) is 17.2. The van der Waals surface area contributed by atoms with Crippen molar-refractivity contribution in [3.05, 3.63) is 94.3 Å². The first-order valence-electron chi connectivity index (χ1n) is 10.1. The van der Waals surface area contributed by atoms with Crippen LogP contribution in [0.4, 0.5) is 5.69 Å². The van der Waals surface area contributed by atoms with Gasteiger partial charge in [0.15, 0.2) is 12.4 Å². The van der Waals surface area contributed by atoms with Gasteiger partial charge in [0.2, 0.25) is 0 Å². The smallest absolute Gasteiger partial charge is 0.169 e. The lowest BCUT2D eigenvalue weighted by Crippen LogP contribution is -2.25. The van der Waals surface area contributed by atoms with Crippen molar-refractivity contribution in [1.29, 1.82) is 0 Å². The summed E-state index contributed by atoms with van der Waals surface area (Å²) in [5, 5.41) is 0. The van der Waals surface area contributed by atoms with Crippen LogP contribution in [0.5, 0.6) is 0 Å². The summed E-state index contributed by atoms with van der Waals surface area (Å²) in [5.41, 5.74) is 9.64. The minimum atomic E-state index is 1.06. The number of nitrogens with zero attached hydrogens (tertiary/aromatic N) is 2. The summed E-state index contributed by atoms with van der Waals surface area (Å²) in [6, 6.07) is 18.3. The lowest BCUT2D eigenvalue weighted by Gasteiger charge is -2.22. The van der Waals surface area contributed by atoms with Crippen molar-refractivity contribution in [2.24, 2.45) is 7.05 Å². The summed E-state index contributed by atoms with van der Waals surface area (Å²) in [6.07, 6.45) is 13.0. The average Bonchev–Trinajstić information content (AvgIpc) is 2.69. The molecule has 0 aliphatic heterocycles. The van der Waals surface area contributed by atoms with Gasteiger partial charge in [-0.05, 0) is 71.2 Å². The fourth-order valence-corrected chi connectivity index (χ4v) is 3.92. The Morgan fingerprint density at radius 1 is 0.750 bits per heavy atom. The number of anilines is 1. The molecule has 2 nitrogen and oxygen atoms in total. The standard InChI is InChI=1S/C26H29N2/c1-27(2)26-19-24-12-8-20-4-6-21(7-5-20)10-13-25(26)18-23(24)11-9-22-14-16-28(3)17-15-22/h4-7,9,11,14-19H,8,10,12-13H2,1-3H3/q+1. The maximum absolute atomic E-state index is 2.41. The Morgan fingerprint density at radius 3 is 1.96 bits per heavy atom. The van der Waals surface area contributed by atoms with Crippen molar-refractivity contribution in [2.45, 2.75) is 25.7 Å².